The highest BCUT2D eigenvalue weighted by Crippen LogP contribution is 2.17. The minimum absolute atomic E-state index is 0.340. The van der Waals surface area contributed by atoms with Gasteiger partial charge < -0.3 is 14.8 Å². The molecule has 1 rings (SSSR count). The quantitative estimate of drug-likeness (QED) is 0.766. The molecular weight excluding hydrogens is 218 g/mol. The molecule has 96 valence electrons. The maximum absolute atomic E-state index is 11.3. The first kappa shape index (κ1) is 13.8. The van der Waals surface area contributed by atoms with E-state index in [2.05, 4.69) is 5.32 Å². The van der Waals surface area contributed by atoms with Crippen LogP contribution in [0.3, 0.4) is 0 Å². The van der Waals surface area contributed by atoms with Crippen molar-refractivity contribution in [3.8, 4) is 0 Å². The van der Waals surface area contributed by atoms with Gasteiger partial charge in [0.25, 0.3) is 0 Å². The molecular formula is C13H21NO3. The van der Waals surface area contributed by atoms with Gasteiger partial charge in [0.05, 0.1) is 6.26 Å². The molecule has 0 saturated carbocycles. The lowest BCUT2D eigenvalue weighted by Crippen LogP contribution is -2.51. The molecule has 17 heavy (non-hydrogen) atoms. The molecule has 0 aliphatic heterocycles. The fraction of sp³-hybridized carbons (Fsp3) is 0.615. The fourth-order valence-corrected chi connectivity index (χ4v) is 1.97. The number of hydrogen-bond acceptors (Lipinski definition) is 3. The first-order chi connectivity index (χ1) is 7.94. The molecule has 0 amide bonds. The van der Waals surface area contributed by atoms with E-state index in [0.717, 1.165) is 5.76 Å². The van der Waals surface area contributed by atoms with Crippen molar-refractivity contribution in [3.05, 3.63) is 24.2 Å². The van der Waals surface area contributed by atoms with Gasteiger partial charge in [-0.05, 0) is 31.4 Å². The summed E-state index contributed by atoms with van der Waals surface area (Å²) in [6.07, 6.45) is 2.94. The zero-order valence-electron chi connectivity index (χ0n) is 10.7. The molecule has 2 N–H and O–H groups in total. The predicted octanol–water partition coefficient (Wildman–Crippen LogP) is 2.30. The number of rotatable bonds is 7. The van der Waals surface area contributed by atoms with Crippen molar-refractivity contribution >= 4 is 5.97 Å². The zero-order valence-corrected chi connectivity index (χ0v) is 10.7. The summed E-state index contributed by atoms with van der Waals surface area (Å²) in [7, 11) is 0. The van der Waals surface area contributed by atoms with E-state index in [0.29, 0.717) is 25.3 Å². The Kier molecular flexibility index (Phi) is 4.75. The summed E-state index contributed by atoms with van der Waals surface area (Å²) in [5, 5.41) is 12.4. The number of carbonyl (C=O) groups is 1. The van der Waals surface area contributed by atoms with Crippen LogP contribution in [-0.4, -0.2) is 23.2 Å². The first-order valence-electron chi connectivity index (χ1n) is 5.95. The van der Waals surface area contributed by atoms with Gasteiger partial charge in [0.2, 0.25) is 0 Å². The molecule has 0 spiro atoms. The van der Waals surface area contributed by atoms with E-state index in [-0.39, 0.29) is 0 Å². The smallest absolute Gasteiger partial charge is 0.323 e. The molecule has 0 fully saturated rings. The largest absolute Gasteiger partial charge is 0.480 e. The minimum atomic E-state index is -0.860. The van der Waals surface area contributed by atoms with Crippen molar-refractivity contribution in [3.63, 3.8) is 0 Å². The van der Waals surface area contributed by atoms with E-state index in [4.69, 9.17) is 4.42 Å². The molecule has 1 heterocycles. The Balaban J connectivity index is 2.47. The number of hydrogen-bond donors (Lipinski definition) is 2. The van der Waals surface area contributed by atoms with Gasteiger partial charge in [-0.15, -0.1) is 0 Å². The van der Waals surface area contributed by atoms with E-state index in [1.165, 1.54) is 0 Å². The van der Waals surface area contributed by atoms with E-state index >= 15 is 0 Å². The number of aliphatic carboxylic acids is 1. The average molecular weight is 239 g/mol. The lowest BCUT2D eigenvalue weighted by atomic mass is 9.90. The Hall–Kier alpha value is -1.29. The number of nitrogens with one attached hydrogen (secondary N) is 1. The standard InChI is InChI=1S/C13H21NO3/c1-10(2)9-13(3,12(15)16)14-7-6-11-5-4-8-17-11/h4-5,8,10,14H,6-7,9H2,1-3H3,(H,15,16). The van der Waals surface area contributed by atoms with Gasteiger partial charge >= 0.3 is 5.97 Å². The monoisotopic (exact) mass is 239 g/mol. The van der Waals surface area contributed by atoms with Crippen molar-refractivity contribution in [2.24, 2.45) is 5.92 Å². The second-order valence-corrected chi connectivity index (χ2v) is 4.99. The SMILES string of the molecule is CC(C)CC(C)(NCCc1ccco1)C(=O)O. The highest BCUT2D eigenvalue weighted by atomic mass is 16.4. The summed E-state index contributed by atoms with van der Waals surface area (Å²) in [5.41, 5.74) is -0.860. The summed E-state index contributed by atoms with van der Waals surface area (Å²) in [6, 6.07) is 3.72. The molecule has 4 nitrogen and oxygen atoms in total. The van der Waals surface area contributed by atoms with Gasteiger partial charge in [0.1, 0.15) is 11.3 Å². The highest BCUT2D eigenvalue weighted by molar-refractivity contribution is 5.78. The second-order valence-electron chi connectivity index (χ2n) is 4.99. The molecule has 0 aliphatic rings. The van der Waals surface area contributed by atoms with E-state index in [9.17, 15) is 9.90 Å². The van der Waals surface area contributed by atoms with Crippen molar-refractivity contribution in [2.75, 3.05) is 6.54 Å². The van der Waals surface area contributed by atoms with Crippen molar-refractivity contribution in [1.29, 1.82) is 0 Å². The molecule has 0 bridgehead atoms. The third-order valence-corrected chi connectivity index (χ3v) is 2.76. The molecule has 1 unspecified atom stereocenters. The number of carboxylic acids is 1. The summed E-state index contributed by atoms with van der Waals surface area (Å²) in [5.74, 6) is 0.410. The van der Waals surface area contributed by atoms with Gasteiger partial charge in [-0.2, -0.15) is 0 Å². The Labute approximate surface area is 102 Å². The van der Waals surface area contributed by atoms with E-state index in [1.54, 1.807) is 13.2 Å². The summed E-state index contributed by atoms with van der Waals surface area (Å²) in [6.45, 7) is 6.38. The molecule has 0 radical (unpaired) electrons. The van der Waals surface area contributed by atoms with Crippen LogP contribution < -0.4 is 5.32 Å². The second kappa shape index (κ2) is 5.87. The van der Waals surface area contributed by atoms with Crippen LogP contribution in [0.1, 0.15) is 33.0 Å². The third kappa shape index (κ3) is 4.23. The Morgan fingerprint density at radius 3 is 2.76 bits per heavy atom. The molecule has 1 atom stereocenters. The van der Waals surface area contributed by atoms with Crippen LogP contribution in [0.5, 0.6) is 0 Å². The predicted molar refractivity (Wildman–Crippen MR) is 65.9 cm³/mol. The summed E-state index contributed by atoms with van der Waals surface area (Å²) in [4.78, 5) is 11.3. The van der Waals surface area contributed by atoms with Crippen LogP contribution in [-0.2, 0) is 11.2 Å². The normalized spacial score (nSPS) is 14.8. The van der Waals surface area contributed by atoms with Crippen molar-refractivity contribution < 1.29 is 14.3 Å². The van der Waals surface area contributed by atoms with E-state index in [1.807, 2.05) is 26.0 Å². The van der Waals surface area contributed by atoms with Crippen molar-refractivity contribution in [2.45, 2.75) is 39.2 Å². The summed E-state index contributed by atoms with van der Waals surface area (Å²) >= 11 is 0. The zero-order chi connectivity index (χ0) is 12.9. The molecule has 0 saturated heterocycles. The van der Waals surface area contributed by atoms with Crippen LogP contribution in [0.4, 0.5) is 0 Å². The van der Waals surface area contributed by atoms with Crippen LogP contribution >= 0.6 is 0 Å². The molecule has 1 aromatic heterocycles. The van der Waals surface area contributed by atoms with Gasteiger partial charge in [0.15, 0.2) is 0 Å². The molecule has 0 aromatic carbocycles. The van der Waals surface area contributed by atoms with Gasteiger partial charge in [-0.3, -0.25) is 4.79 Å². The number of furan rings is 1. The van der Waals surface area contributed by atoms with Gasteiger partial charge in [0, 0.05) is 13.0 Å². The topological polar surface area (TPSA) is 62.5 Å². The van der Waals surface area contributed by atoms with Gasteiger partial charge in [-0.1, -0.05) is 13.8 Å². The minimum Gasteiger partial charge on any atom is -0.480 e. The van der Waals surface area contributed by atoms with E-state index < -0.39 is 11.5 Å². The van der Waals surface area contributed by atoms with Crippen LogP contribution in [0, 0.1) is 5.92 Å². The lowest BCUT2D eigenvalue weighted by Gasteiger charge is -2.28. The molecule has 1 aromatic rings. The molecule has 0 aliphatic carbocycles. The molecule has 4 heteroatoms. The lowest BCUT2D eigenvalue weighted by molar-refractivity contribution is -0.144. The van der Waals surface area contributed by atoms with Crippen molar-refractivity contribution in [1.82, 2.24) is 5.32 Å². The average Bonchev–Trinajstić information content (AvgIpc) is 2.69. The Bertz CT molecular complexity index is 346. The maximum Gasteiger partial charge on any atom is 0.323 e. The fourth-order valence-electron chi connectivity index (χ4n) is 1.97. The maximum atomic E-state index is 11.3. The van der Waals surface area contributed by atoms with Crippen LogP contribution in [0.25, 0.3) is 0 Å². The Morgan fingerprint density at radius 1 is 1.59 bits per heavy atom. The number of carboxylic acid groups (broad SMARTS) is 1. The third-order valence-electron chi connectivity index (χ3n) is 2.76. The van der Waals surface area contributed by atoms with Crippen LogP contribution in [0.15, 0.2) is 22.8 Å². The van der Waals surface area contributed by atoms with Gasteiger partial charge in [-0.25, -0.2) is 0 Å². The van der Waals surface area contributed by atoms with Crippen LogP contribution in [0.2, 0.25) is 0 Å². The summed E-state index contributed by atoms with van der Waals surface area (Å²) < 4.78 is 5.20. The first-order valence-corrected chi connectivity index (χ1v) is 5.95. The highest BCUT2D eigenvalue weighted by Gasteiger charge is 2.32. The Morgan fingerprint density at radius 2 is 2.29 bits per heavy atom.